The molecule has 60 heavy (non-hydrogen) atoms. The van der Waals surface area contributed by atoms with Crippen molar-refractivity contribution < 1.29 is 9.53 Å². The number of carbonyl (C=O) groups excluding carboxylic acids is 1. The summed E-state index contributed by atoms with van der Waals surface area (Å²) in [7, 11) is -3.25. The van der Waals surface area contributed by atoms with Crippen LogP contribution in [0.25, 0.3) is 43.1 Å². The fourth-order valence-corrected chi connectivity index (χ4v) is 13.5. The first-order valence-electron chi connectivity index (χ1n) is 20.2. The second-order valence-electron chi connectivity index (χ2n) is 14.9. The Morgan fingerprint density at radius 2 is 0.817 bits per heavy atom. The van der Waals surface area contributed by atoms with Crippen LogP contribution in [0, 0.1) is 11.5 Å². The standard InChI is InChI=1S/C57H38O2Si/c58-57(54-50-32-18-16-28-46(50)40-47-29-17-19-33-51(47)54)59-48-36-34-41(35-37-48)38-39-60(49-30-14-5-15-31-49)55(44-24-10-3-11-25-44)52(42-20-6-1-7-21-42)53(43-22-8-2-9-23-43)56(60)45-26-12-4-13-27-45/h1-37,40H. The molecule has 1 heterocycles. The summed E-state index contributed by atoms with van der Waals surface area (Å²) in [5, 5.41) is 7.46. The molecular weight excluding hydrogens is 745 g/mol. The van der Waals surface area contributed by atoms with E-state index in [9.17, 15) is 4.79 Å². The van der Waals surface area contributed by atoms with E-state index < -0.39 is 8.07 Å². The van der Waals surface area contributed by atoms with Gasteiger partial charge in [0.25, 0.3) is 0 Å². The summed E-state index contributed by atoms with van der Waals surface area (Å²) in [5.41, 5.74) is 12.6. The van der Waals surface area contributed by atoms with Crippen LogP contribution < -0.4 is 9.92 Å². The summed E-state index contributed by atoms with van der Waals surface area (Å²) in [4.78, 5) is 14.0. The number of benzene rings is 9. The lowest BCUT2D eigenvalue weighted by atomic mass is 9.89. The molecule has 282 valence electrons. The van der Waals surface area contributed by atoms with Crippen molar-refractivity contribution in [2.45, 2.75) is 0 Å². The third-order valence-corrected chi connectivity index (χ3v) is 15.7. The first-order valence-corrected chi connectivity index (χ1v) is 22.2. The molecule has 1 aliphatic rings. The van der Waals surface area contributed by atoms with Crippen molar-refractivity contribution in [3.63, 3.8) is 0 Å². The molecule has 0 amide bonds. The largest absolute Gasteiger partial charge is 0.423 e. The summed E-state index contributed by atoms with van der Waals surface area (Å²) in [6.45, 7) is 0. The van der Waals surface area contributed by atoms with E-state index >= 15 is 0 Å². The van der Waals surface area contributed by atoms with Gasteiger partial charge in [0.05, 0.1) is 5.56 Å². The molecule has 10 rings (SSSR count). The maximum absolute atomic E-state index is 14.0. The van der Waals surface area contributed by atoms with E-state index in [2.05, 4.69) is 169 Å². The van der Waals surface area contributed by atoms with E-state index in [1.54, 1.807) is 0 Å². The molecular formula is C57H38O2Si. The van der Waals surface area contributed by atoms with Gasteiger partial charge in [-0.2, -0.15) is 0 Å². The Morgan fingerprint density at radius 3 is 1.28 bits per heavy atom. The molecule has 0 saturated heterocycles. The number of hydrogen-bond donors (Lipinski definition) is 0. The number of hydrogen-bond acceptors (Lipinski definition) is 2. The number of carbonyl (C=O) groups is 1. The molecule has 0 radical (unpaired) electrons. The molecule has 0 atom stereocenters. The van der Waals surface area contributed by atoms with Crippen molar-refractivity contribution in [3.8, 4) is 17.2 Å². The van der Waals surface area contributed by atoms with Crippen LogP contribution in [0.5, 0.6) is 5.75 Å². The maximum Gasteiger partial charge on any atom is 0.344 e. The minimum atomic E-state index is -3.25. The van der Waals surface area contributed by atoms with Gasteiger partial charge in [-0.25, -0.2) is 4.79 Å². The lowest BCUT2D eigenvalue weighted by molar-refractivity contribution is 0.0739. The van der Waals surface area contributed by atoms with Crippen molar-refractivity contribution in [2.24, 2.45) is 0 Å². The molecule has 0 saturated carbocycles. The summed E-state index contributed by atoms with van der Waals surface area (Å²) >= 11 is 0. The smallest absolute Gasteiger partial charge is 0.344 e. The van der Waals surface area contributed by atoms with Crippen LogP contribution in [0.4, 0.5) is 0 Å². The average Bonchev–Trinajstić information content (AvgIpc) is 3.64. The molecule has 9 aromatic rings. The minimum Gasteiger partial charge on any atom is -0.423 e. The molecule has 1 aliphatic heterocycles. The molecule has 0 N–H and O–H groups in total. The Labute approximate surface area is 351 Å². The van der Waals surface area contributed by atoms with Crippen molar-refractivity contribution in [1.82, 2.24) is 0 Å². The van der Waals surface area contributed by atoms with E-state index in [1.165, 1.54) is 26.7 Å². The zero-order valence-electron chi connectivity index (χ0n) is 32.8. The predicted molar refractivity (Wildman–Crippen MR) is 251 cm³/mol. The fourth-order valence-electron chi connectivity index (χ4n) is 8.81. The van der Waals surface area contributed by atoms with E-state index in [1.807, 2.05) is 72.8 Å². The van der Waals surface area contributed by atoms with Crippen molar-refractivity contribution >= 4 is 62.3 Å². The second-order valence-corrected chi connectivity index (χ2v) is 18.3. The Balaban J connectivity index is 1.17. The molecule has 2 nitrogen and oxygen atoms in total. The van der Waals surface area contributed by atoms with Crippen molar-refractivity contribution in [3.05, 3.63) is 264 Å². The minimum absolute atomic E-state index is 0.389. The Kier molecular flexibility index (Phi) is 9.67. The van der Waals surface area contributed by atoms with E-state index in [-0.39, 0.29) is 5.97 Å². The summed E-state index contributed by atoms with van der Waals surface area (Å²) in [5.74, 6) is 3.81. The highest BCUT2D eigenvalue weighted by molar-refractivity contribution is 7.26. The molecule has 0 bridgehead atoms. The first kappa shape index (κ1) is 36.6. The van der Waals surface area contributed by atoms with Gasteiger partial charge in [0.15, 0.2) is 0 Å². The van der Waals surface area contributed by atoms with Crippen LogP contribution in [-0.2, 0) is 0 Å². The van der Waals surface area contributed by atoms with Gasteiger partial charge in [0.2, 0.25) is 8.07 Å². The highest BCUT2D eigenvalue weighted by Crippen LogP contribution is 2.55. The molecule has 0 fully saturated rings. The number of rotatable bonds is 7. The number of allylic oxidation sites excluding steroid dienone is 2. The van der Waals surface area contributed by atoms with Gasteiger partial charge < -0.3 is 4.74 Å². The molecule has 0 aromatic heterocycles. The molecule has 0 unspecified atom stereocenters. The SMILES string of the molecule is O=C(Oc1ccc(C#C[Si]2(c3ccccc3)C(c3ccccc3)=C(c3ccccc3)C(c3ccccc3)=C2c2ccccc2)cc1)c1c2ccccc2cc2ccccc12. The fraction of sp³-hybridized carbons (Fsp3) is 0. The topological polar surface area (TPSA) is 26.3 Å². The third-order valence-electron chi connectivity index (χ3n) is 11.4. The van der Waals surface area contributed by atoms with Gasteiger partial charge in [-0.1, -0.05) is 206 Å². The first-order chi connectivity index (χ1) is 29.7. The van der Waals surface area contributed by atoms with E-state index in [0.717, 1.165) is 49.4 Å². The summed E-state index contributed by atoms with van der Waals surface area (Å²) < 4.78 is 6.12. The zero-order valence-corrected chi connectivity index (χ0v) is 33.8. The zero-order chi connectivity index (χ0) is 40.3. The van der Waals surface area contributed by atoms with Crippen LogP contribution in [0.2, 0.25) is 0 Å². The summed E-state index contributed by atoms with van der Waals surface area (Å²) in [6, 6.07) is 79.8. The van der Waals surface area contributed by atoms with Crippen LogP contribution in [0.15, 0.2) is 231 Å². The van der Waals surface area contributed by atoms with Crippen molar-refractivity contribution in [2.75, 3.05) is 0 Å². The number of fused-ring (bicyclic) bond motifs is 2. The van der Waals surface area contributed by atoms with Gasteiger partial charge >= 0.3 is 5.97 Å². The highest BCUT2D eigenvalue weighted by atomic mass is 28.3. The lowest BCUT2D eigenvalue weighted by Gasteiger charge is -2.30. The van der Waals surface area contributed by atoms with Crippen LogP contribution in [-0.4, -0.2) is 14.0 Å². The van der Waals surface area contributed by atoms with Crippen molar-refractivity contribution in [1.29, 1.82) is 0 Å². The molecule has 0 aliphatic carbocycles. The molecule has 3 heteroatoms. The van der Waals surface area contributed by atoms with Gasteiger partial charge in [0.1, 0.15) is 5.75 Å². The Hall–Kier alpha value is -7.77. The highest BCUT2D eigenvalue weighted by Gasteiger charge is 2.51. The third kappa shape index (κ3) is 6.56. The average molecular weight is 783 g/mol. The van der Waals surface area contributed by atoms with Gasteiger partial charge in [-0.15, -0.1) is 5.54 Å². The molecule has 0 spiro atoms. The Morgan fingerprint density at radius 1 is 0.417 bits per heavy atom. The Bertz CT molecular complexity index is 2990. The van der Waals surface area contributed by atoms with Gasteiger partial charge in [0, 0.05) is 5.56 Å². The monoisotopic (exact) mass is 782 g/mol. The van der Waals surface area contributed by atoms with E-state index in [0.29, 0.717) is 11.3 Å². The second kappa shape index (κ2) is 15.9. The number of ether oxygens (including phenoxy) is 1. The normalized spacial score (nSPS) is 13.3. The predicted octanol–water partition coefficient (Wildman–Crippen LogP) is 12.8. The quantitative estimate of drug-likeness (QED) is 0.0529. The number of esters is 1. The molecule has 9 aromatic carbocycles. The van der Waals surface area contributed by atoms with E-state index in [4.69, 9.17) is 4.74 Å². The lowest BCUT2D eigenvalue weighted by Crippen LogP contribution is -2.49. The van der Waals surface area contributed by atoms with Crippen LogP contribution in [0.1, 0.15) is 38.2 Å². The van der Waals surface area contributed by atoms with Crippen LogP contribution in [0.3, 0.4) is 0 Å². The van der Waals surface area contributed by atoms with Gasteiger partial charge in [-0.05, 0) is 101 Å². The van der Waals surface area contributed by atoms with Gasteiger partial charge in [-0.3, -0.25) is 0 Å². The maximum atomic E-state index is 14.0. The summed E-state index contributed by atoms with van der Waals surface area (Å²) in [6.07, 6.45) is 0. The van der Waals surface area contributed by atoms with Crippen LogP contribution >= 0.6 is 0 Å².